The zero-order chi connectivity index (χ0) is 13.3. The van der Waals surface area contributed by atoms with Crippen molar-refractivity contribution in [2.75, 3.05) is 0 Å². The highest BCUT2D eigenvalue weighted by Gasteiger charge is 2.39. The number of benzene rings is 1. The van der Waals surface area contributed by atoms with E-state index >= 15 is 0 Å². The van der Waals surface area contributed by atoms with Crippen molar-refractivity contribution in [2.45, 2.75) is 37.7 Å². The predicted molar refractivity (Wildman–Crippen MR) is 73.7 cm³/mol. The van der Waals surface area contributed by atoms with Gasteiger partial charge in [0.15, 0.2) is 0 Å². The second-order valence-electron chi connectivity index (χ2n) is 4.89. The fourth-order valence-corrected chi connectivity index (χ4v) is 3.06. The predicted octanol–water partition coefficient (Wildman–Crippen LogP) is 5.07. The SMILES string of the molecule is OC(CC1CCC(F)(F)C1)c1ccc(Br)c(Br)c1. The lowest BCUT2D eigenvalue weighted by Gasteiger charge is -2.16. The molecule has 0 bridgehead atoms. The van der Waals surface area contributed by atoms with Crippen LogP contribution in [0.4, 0.5) is 8.78 Å². The Kier molecular flexibility index (Phi) is 4.44. The minimum absolute atomic E-state index is 0.0472. The first-order valence-electron chi connectivity index (χ1n) is 5.88. The van der Waals surface area contributed by atoms with E-state index in [9.17, 15) is 13.9 Å². The van der Waals surface area contributed by atoms with Crippen LogP contribution in [-0.2, 0) is 0 Å². The normalized spacial score (nSPS) is 24.2. The van der Waals surface area contributed by atoms with Crippen LogP contribution in [0.25, 0.3) is 0 Å². The standard InChI is InChI=1S/C13H14Br2F2O/c14-10-2-1-9(6-11(10)15)12(18)5-8-3-4-13(16,17)7-8/h1-2,6,8,12,18H,3-5,7H2. The van der Waals surface area contributed by atoms with Crippen LogP contribution in [0.15, 0.2) is 27.1 Å². The number of aliphatic hydroxyl groups is 1. The molecule has 0 saturated heterocycles. The molecule has 1 aliphatic carbocycles. The summed E-state index contributed by atoms with van der Waals surface area (Å²) in [6.45, 7) is 0. The number of alkyl halides is 2. The summed E-state index contributed by atoms with van der Waals surface area (Å²) in [6.07, 6.45) is 0.0926. The van der Waals surface area contributed by atoms with Crippen molar-refractivity contribution in [3.63, 3.8) is 0 Å². The van der Waals surface area contributed by atoms with Crippen molar-refractivity contribution in [1.82, 2.24) is 0 Å². The molecule has 1 aromatic carbocycles. The second kappa shape index (κ2) is 5.55. The first-order chi connectivity index (χ1) is 8.37. The van der Waals surface area contributed by atoms with Crippen LogP contribution in [0.2, 0.25) is 0 Å². The molecule has 0 radical (unpaired) electrons. The smallest absolute Gasteiger partial charge is 0.248 e. The van der Waals surface area contributed by atoms with Gasteiger partial charge in [0.05, 0.1) is 6.10 Å². The molecule has 18 heavy (non-hydrogen) atoms. The van der Waals surface area contributed by atoms with Crippen molar-refractivity contribution in [3.05, 3.63) is 32.7 Å². The highest BCUT2D eigenvalue weighted by molar-refractivity contribution is 9.13. The van der Waals surface area contributed by atoms with Gasteiger partial charge in [-0.3, -0.25) is 0 Å². The molecule has 0 heterocycles. The maximum atomic E-state index is 13.1. The van der Waals surface area contributed by atoms with E-state index in [0.717, 1.165) is 14.5 Å². The molecule has 1 fully saturated rings. The number of rotatable bonds is 3. The average molecular weight is 384 g/mol. The molecular formula is C13H14Br2F2O. The third-order valence-electron chi connectivity index (χ3n) is 3.39. The fourth-order valence-electron chi connectivity index (χ4n) is 2.41. The van der Waals surface area contributed by atoms with E-state index in [4.69, 9.17) is 0 Å². The molecule has 0 amide bonds. The Balaban J connectivity index is 1.99. The first-order valence-corrected chi connectivity index (χ1v) is 7.47. The molecule has 1 N–H and O–H groups in total. The Hall–Kier alpha value is -0.000000000000000111. The maximum absolute atomic E-state index is 13.1. The highest BCUT2D eigenvalue weighted by Crippen LogP contribution is 2.42. The monoisotopic (exact) mass is 382 g/mol. The molecule has 0 aliphatic heterocycles. The largest absolute Gasteiger partial charge is 0.388 e. The van der Waals surface area contributed by atoms with Gasteiger partial charge < -0.3 is 5.11 Å². The summed E-state index contributed by atoms with van der Waals surface area (Å²) in [5.74, 6) is -2.62. The molecule has 0 spiro atoms. The minimum atomic E-state index is -2.54. The molecule has 5 heteroatoms. The van der Waals surface area contributed by atoms with E-state index in [1.54, 1.807) is 0 Å². The molecule has 1 aliphatic rings. The van der Waals surface area contributed by atoms with Crippen LogP contribution in [0.5, 0.6) is 0 Å². The third-order valence-corrected chi connectivity index (χ3v) is 5.27. The summed E-state index contributed by atoms with van der Waals surface area (Å²) in [5.41, 5.74) is 0.764. The van der Waals surface area contributed by atoms with E-state index in [0.29, 0.717) is 12.8 Å². The molecule has 2 unspecified atom stereocenters. The second-order valence-corrected chi connectivity index (χ2v) is 6.60. The van der Waals surface area contributed by atoms with E-state index in [-0.39, 0.29) is 18.8 Å². The molecule has 2 rings (SSSR count). The van der Waals surface area contributed by atoms with E-state index < -0.39 is 12.0 Å². The number of hydrogen-bond acceptors (Lipinski definition) is 1. The molecule has 1 aromatic rings. The zero-order valence-corrected chi connectivity index (χ0v) is 12.8. The van der Waals surface area contributed by atoms with Crippen LogP contribution in [0.1, 0.15) is 37.4 Å². The Morgan fingerprint density at radius 3 is 2.61 bits per heavy atom. The van der Waals surface area contributed by atoms with E-state index in [1.165, 1.54) is 0 Å². The average Bonchev–Trinajstić information content (AvgIpc) is 2.62. The molecule has 0 aromatic heterocycles. The van der Waals surface area contributed by atoms with E-state index in [2.05, 4.69) is 31.9 Å². The zero-order valence-electron chi connectivity index (χ0n) is 9.67. The van der Waals surface area contributed by atoms with Crippen molar-refractivity contribution in [2.24, 2.45) is 5.92 Å². The highest BCUT2D eigenvalue weighted by atomic mass is 79.9. The molecule has 1 nitrogen and oxygen atoms in total. The summed E-state index contributed by atoms with van der Waals surface area (Å²) in [4.78, 5) is 0. The van der Waals surface area contributed by atoms with Gasteiger partial charge in [-0.2, -0.15) is 0 Å². The number of hydrogen-bond donors (Lipinski definition) is 1. The fraction of sp³-hybridized carbons (Fsp3) is 0.538. The number of halogens is 4. The minimum Gasteiger partial charge on any atom is -0.388 e. The van der Waals surface area contributed by atoms with Crippen molar-refractivity contribution >= 4 is 31.9 Å². The van der Waals surface area contributed by atoms with Gasteiger partial charge >= 0.3 is 0 Å². The Labute approximate surface area is 122 Å². The van der Waals surface area contributed by atoms with Crippen molar-refractivity contribution < 1.29 is 13.9 Å². The summed E-state index contributed by atoms with van der Waals surface area (Å²) in [5, 5.41) is 10.1. The van der Waals surface area contributed by atoms with Crippen molar-refractivity contribution in [1.29, 1.82) is 0 Å². The van der Waals surface area contributed by atoms with Gasteiger partial charge in [0.2, 0.25) is 5.92 Å². The Bertz CT molecular complexity index is 437. The molecular weight excluding hydrogens is 370 g/mol. The lowest BCUT2D eigenvalue weighted by atomic mass is 9.95. The van der Waals surface area contributed by atoms with Gasteiger partial charge in [-0.05, 0) is 68.3 Å². The Morgan fingerprint density at radius 1 is 1.33 bits per heavy atom. The summed E-state index contributed by atoms with van der Waals surface area (Å²) in [7, 11) is 0. The lowest BCUT2D eigenvalue weighted by molar-refractivity contribution is 0.00254. The summed E-state index contributed by atoms with van der Waals surface area (Å²) >= 11 is 6.72. The number of aliphatic hydroxyl groups excluding tert-OH is 1. The van der Waals surface area contributed by atoms with Crippen molar-refractivity contribution in [3.8, 4) is 0 Å². The molecule has 100 valence electrons. The quantitative estimate of drug-likeness (QED) is 0.772. The van der Waals surface area contributed by atoms with Gasteiger partial charge in [-0.25, -0.2) is 8.78 Å². The summed E-state index contributed by atoms with van der Waals surface area (Å²) in [6, 6.07) is 5.47. The van der Waals surface area contributed by atoms with Gasteiger partial charge in [0.25, 0.3) is 0 Å². The van der Waals surface area contributed by atoms with Crippen LogP contribution in [0.3, 0.4) is 0 Å². The van der Waals surface area contributed by atoms with Gasteiger partial charge in [-0.1, -0.05) is 6.07 Å². The van der Waals surface area contributed by atoms with Crippen LogP contribution in [0, 0.1) is 5.92 Å². The van der Waals surface area contributed by atoms with Gasteiger partial charge in [0, 0.05) is 21.8 Å². The van der Waals surface area contributed by atoms with Crippen LogP contribution in [-0.4, -0.2) is 11.0 Å². The third kappa shape index (κ3) is 3.52. The van der Waals surface area contributed by atoms with Crippen LogP contribution < -0.4 is 0 Å². The summed E-state index contributed by atoms with van der Waals surface area (Å²) < 4.78 is 27.9. The first kappa shape index (κ1) is 14.4. The van der Waals surface area contributed by atoms with Gasteiger partial charge in [0.1, 0.15) is 0 Å². The van der Waals surface area contributed by atoms with Gasteiger partial charge in [-0.15, -0.1) is 0 Å². The Morgan fingerprint density at radius 2 is 2.06 bits per heavy atom. The lowest BCUT2D eigenvalue weighted by Crippen LogP contribution is -2.11. The van der Waals surface area contributed by atoms with Crippen LogP contribution >= 0.6 is 31.9 Å². The van der Waals surface area contributed by atoms with E-state index in [1.807, 2.05) is 18.2 Å². The molecule has 2 atom stereocenters. The maximum Gasteiger partial charge on any atom is 0.248 e. The molecule has 1 saturated carbocycles. The topological polar surface area (TPSA) is 20.2 Å².